The summed E-state index contributed by atoms with van der Waals surface area (Å²) in [6.45, 7) is 3.87. The Morgan fingerprint density at radius 1 is 1.18 bits per heavy atom. The first-order valence-electron chi connectivity index (χ1n) is 7.38. The minimum absolute atomic E-state index is 0.0542. The van der Waals surface area contributed by atoms with Gasteiger partial charge in [-0.3, -0.25) is 4.79 Å². The number of unbranched alkanes of at least 4 members (excludes halogenated alkanes) is 3. The highest BCUT2D eigenvalue weighted by Gasteiger charge is 2.18. The van der Waals surface area contributed by atoms with Crippen LogP contribution in [0.2, 0.25) is 0 Å². The van der Waals surface area contributed by atoms with Crippen molar-refractivity contribution < 1.29 is 23.1 Å². The zero-order valence-corrected chi connectivity index (χ0v) is 12.8. The van der Waals surface area contributed by atoms with E-state index in [2.05, 4.69) is 12.2 Å². The first-order valence-corrected chi connectivity index (χ1v) is 7.38. The lowest BCUT2D eigenvalue weighted by molar-refractivity contribution is -0.145. The fraction of sp³-hybridized carbons (Fsp3) is 0.500. The van der Waals surface area contributed by atoms with Crippen LogP contribution < -0.4 is 5.32 Å². The van der Waals surface area contributed by atoms with Crippen molar-refractivity contribution in [2.45, 2.75) is 45.6 Å². The maximum atomic E-state index is 13.1. The maximum absolute atomic E-state index is 13.1. The monoisotopic (exact) mass is 313 g/mol. The molecule has 0 fully saturated rings. The summed E-state index contributed by atoms with van der Waals surface area (Å²) in [4.78, 5) is 23.5. The summed E-state index contributed by atoms with van der Waals surface area (Å²) in [7, 11) is 0. The number of rotatable bonds is 8. The van der Waals surface area contributed by atoms with Gasteiger partial charge in [0.2, 0.25) is 0 Å². The predicted molar refractivity (Wildman–Crippen MR) is 78.4 cm³/mol. The Balaban J connectivity index is 2.42. The molecule has 0 aliphatic rings. The molecule has 1 amide bonds. The standard InChI is InChI=1S/C16H21F2NO3/c1-3-4-5-6-9-22-16(21)11(2)19-15(20)12-7-8-13(17)14(18)10-12/h7-8,10-11H,3-6,9H2,1-2H3,(H,19,20). The predicted octanol–water partition coefficient (Wildman–Crippen LogP) is 3.21. The summed E-state index contributed by atoms with van der Waals surface area (Å²) in [6, 6.07) is 1.94. The molecule has 1 N–H and O–H groups in total. The molecule has 0 aliphatic carbocycles. The highest BCUT2D eigenvalue weighted by molar-refractivity contribution is 5.96. The Hall–Kier alpha value is -1.98. The molecule has 0 spiro atoms. The second-order valence-electron chi connectivity index (χ2n) is 5.05. The van der Waals surface area contributed by atoms with Gasteiger partial charge in [-0.1, -0.05) is 26.2 Å². The third kappa shape index (κ3) is 5.79. The van der Waals surface area contributed by atoms with E-state index in [4.69, 9.17) is 4.74 Å². The summed E-state index contributed by atoms with van der Waals surface area (Å²) in [5, 5.41) is 2.39. The fourth-order valence-electron chi connectivity index (χ4n) is 1.80. The third-order valence-electron chi connectivity index (χ3n) is 3.13. The maximum Gasteiger partial charge on any atom is 0.328 e. The van der Waals surface area contributed by atoms with E-state index in [0.29, 0.717) is 6.61 Å². The molecule has 0 aromatic heterocycles. The van der Waals surface area contributed by atoms with Gasteiger partial charge in [0.15, 0.2) is 11.6 Å². The molecule has 0 aliphatic heterocycles. The molecule has 122 valence electrons. The average molecular weight is 313 g/mol. The molecule has 4 nitrogen and oxygen atoms in total. The van der Waals surface area contributed by atoms with Crippen LogP contribution in [-0.4, -0.2) is 24.5 Å². The number of hydrogen-bond acceptors (Lipinski definition) is 3. The number of halogens is 2. The van der Waals surface area contributed by atoms with Gasteiger partial charge >= 0.3 is 5.97 Å². The number of amides is 1. The molecule has 0 heterocycles. The Labute approximate surface area is 128 Å². The van der Waals surface area contributed by atoms with Crippen LogP contribution in [0.3, 0.4) is 0 Å². The lowest BCUT2D eigenvalue weighted by atomic mass is 10.2. The number of carbonyl (C=O) groups excluding carboxylic acids is 2. The van der Waals surface area contributed by atoms with Gasteiger partial charge in [0.1, 0.15) is 6.04 Å². The number of benzene rings is 1. The molecule has 1 atom stereocenters. The second kappa shape index (κ2) is 9.12. The minimum Gasteiger partial charge on any atom is -0.464 e. The molecule has 1 unspecified atom stereocenters. The molecule has 0 bridgehead atoms. The lowest BCUT2D eigenvalue weighted by Crippen LogP contribution is -2.39. The van der Waals surface area contributed by atoms with E-state index < -0.39 is 29.6 Å². The number of carbonyl (C=O) groups is 2. The third-order valence-corrected chi connectivity index (χ3v) is 3.13. The van der Waals surface area contributed by atoms with Crippen molar-refractivity contribution in [1.82, 2.24) is 5.32 Å². The zero-order chi connectivity index (χ0) is 16.5. The topological polar surface area (TPSA) is 55.4 Å². The van der Waals surface area contributed by atoms with Crippen molar-refractivity contribution in [3.63, 3.8) is 0 Å². The number of nitrogens with one attached hydrogen (secondary N) is 1. The van der Waals surface area contributed by atoms with E-state index >= 15 is 0 Å². The van der Waals surface area contributed by atoms with E-state index in [-0.39, 0.29) is 5.56 Å². The quantitative estimate of drug-likeness (QED) is 0.592. The van der Waals surface area contributed by atoms with Gasteiger partial charge in [-0.05, 0) is 31.5 Å². The van der Waals surface area contributed by atoms with Crippen molar-refractivity contribution in [3.05, 3.63) is 35.4 Å². The van der Waals surface area contributed by atoms with Crippen LogP contribution in [0.4, 0.5) is 8.78 Å². The molecule has 6 heteroatoms. The van der Waals surface area contributed by atoms with Crippen LogP contribution >= 0.6 is 0 Å². The van der Waals surface area contributed by atoms with E-state index in [1.165, 1.54) is 6.92 Å². The summed E-state index contributed by atoms with van der Waals surface area (Å²) in [6.07, 6.45) is 3.94. The zero-order valence-electron chi connectivity index (χ0n) is 12.8. The van der Waals surface area contributed by atoms with Gasteiger partial charge in [-0.2, -0.15) is 0 Å². The van der Waals surface area contributed by atoms with Gasteiger partial charge < -0.3 is 10.1 Å². The Morgan fingerprint density at radius 2 is 1.91 bits per heavy atom. The van der Waals surface area contributed by atoms with Crippen molar-refractivity contribution in [1.29, 1.82) is 0 Å². The van der Waals surface area contributed by atoms with E-state index in [0.717, 1.165) is 43.9 Å². The first-order chi connectivity index (χ1) is 10.5. The van der Waals surface area contributed by atoms with Gasteiger partial charge in [-0.15, -0.1) is 0 Å². The normalized spacial score (nSPS) is 11.8. The van der Waals surface area contributed by atoms with E-state index in [9.17, 15) is 18.4 Å². The van der Waals surface area contributed by atoms with Crippen LogP contribution in [0.5, 0.6) is 0 Å². The average Bonchev–Trinajstić information content (AvgIpc) is 2.49. The van der Waals surface area contributed by atoms with Gasteiger partial charge in [0.05, 0.1) is 6.61 Å². The smallest absolute Gasteiger partial charge is 0.328 e. The van der Waals surface area contributed by atoms with Crippen LogP contribution in [0.1, 0.15) is 49.9 Å². The van der Waals surface area contributed by atoms with E-state index in [1.54, 1.807) is 0 Å². The Morgan fingerprint density at radius 3 is 2.55 bits per heavy atom. The van der Waals surface area contributed by atoms with Crippen molar-refractivity contribution in [2.24, 2.45) is 0 Å². The molecular formula is C16H21F2NO3. The molecule has 0 radical (unpaired) electrons. The largest absolute Gasteiger partial charge is 0.464 e. The number of ether oxygens (including phenoxy) is 1. The second-order valence-corrected chi connectivity index (χ2v) is 5.05. The van der Waals surface area contributed by atoms with Crippen molar-refractivity contribution in [2.75, 3.05) is 6.61 Å². The fourth-order valence-corrected chi connectivity index (χ4v) is 1.80. The van der Waals surface area contributed by atoms with Crippen molar-refractivity contribution >= 4 is 11.9 Å². The van der Waals surface area contributed by atoms with E-state index in [1.807, 2.05) is 0 Å². The molecule has 0 saturated carbocycles. The van der Waals surface area contributed by atoms with Crippen LogP contribution in [0.15, 0.2) is 18.2 Å². The van der Waals surface area contributed by atoms with Gasteiger partial charge in [-0.25, -0.2) is 13.6 Å². The molecule has 22 heavy (non-hydrogen) atoms. The molecule has 1 rings (SSSR count). The molecule has 0 saturated heterocycles. The number of esters is 1. The molecule has 1 aromatic carbocycles. The van der Waals surface area contributed by atoms with Crippen molar-refractivity contribution in [3.8, 4) is 0 Å². The highest BCUT2D eigenvalue weighted by atomic mass is 19.2. The van der Waals surface area contributed by atoms with Crippen LogP contribution in [0, 0.1) is 11.6 Å². The van der Waals surface area contributed by atoms with Gasteiger partial charge in [0.25, 0.3) is 5.91 Å². The summed E-state index contributed by atoms with van der Waals surface area (Å²) in [5.74, 6) is -3.35. The lowest BCUT2D eigenvalue weighted by Gasteiger charge is -2.13. The van der Waals surface area contributed by atoms with Crippen LogP contribution in [-0.2, 0) is 9.53 Å². The number of hydrogen-bond donors (Lipinski definition) is 1. The first kappa shape index (κ1) is 18.1. The minimum atomic E-state index is -1.11. The Bertz CT molecular complexity index is 520. The molecule has 1 aromatic rings. The molecular weight excluding hydrogens is 292 g/mol. The highest BCUT2D eigenvalue weighted by Crippen LogP contribution is 2.09. The SMILES string of the molecule is CCCCCCOC(=O)C(C)NC(=O)c1ccc(F)c(F)c1. The Kier molecular flexibility index (Phi) is 7.49. The van der Waals surface area contributed by atoms with Crippen LogP contribution in [0.25, 0.3) is 0 Å². The van der Waals surface area contributed by atoms with Gasteiger partial charge in [0, 0.05) is 5.56 Å². The summed E-state index contributed by atoms with van der Waals surface area (Å²) in [5.41, 5.74) is -0.0542. The summed E-state index contributed by atoms with van der Waals surface area (Å²) >= 11 is 0. The summed E-state index contributed by atoms with van der Waals surface area (Å²) < 4.78 is 30.9.